The number of nitrogens with one attached hydrogen (secondary N) is 1. The van der Waals surface area contributed by atoms with E-state index >= 15 is 0 Å². The summed E-state index contributed by atoms with van der Waals surface area (Å²) in [5.74, 6) is 0.502. The minimum absolute atomic E-state index is 0.122. The molecule has 0 saturated carbocycles. The summed E-state index contributed by atoms with van der Waals surface area (Å²) < 4.78 is 11.0. The van der Waals surface area contributed by atoms with E-state index in [1.807, 2.05) is 63.2 Å². The number of nitrogens with zero attached hydrogens (tertiary/aromatic N) is 1. The van der Waals surface area contributed by atoms with Crippen molar-refractivity contribution in [1.29, 1.82) is 0 Å². The van der Waals surface area contributed by atoms with Crippen LogP contribution in [0.25, 0.3) is 0 Å². The number of hydrogen-bond acceptors (Lipinski definition) is 4. The van der Waals surface area contributed by atoms with Crippen molar-refractivity contribution < 1.29 is 19.1 Å². The molecule has 0 fully saturated rings. The van der Waals surface area contributed by atoms with Crippen molar-refractivity contribution in [2.45, 2.75) is 45.9 Å². The second-order valence-electron chi connectivity index (χ2n) is 7.56. The molecule has 0 aromatic heterocycles. The average Bonchev–Trinajstić information content (AvgIpc) is 3.01. The van der Waals surface area contributed by atoms with Crippen molar-refractivity contribution in [2.24, 2.45) is 0 Å². The van der Waals surface area contributed by atoms with E-state index in [1.54, 1.807) is 11.0 Å². The summed E-state index contributed by atoms with van der Waals surface area (Å²) in [4.78, 5) is 27.7. The molecule has 0 spiro atoms. The largest absolute Gasteiger partial charge is 0.494 e. The van der Waals surface area contributed by atoms with Gasteiger partial charge in [-0.1, -0.05) is 30.3 Å². The van der Waals surface area contributed by atoms with Crippen LogP contribution in [0, 0.1) is 0 Å². The molecule has 3 rings (SSSR count). The maximum atomic E-state index is 13.0. The number of benzene rings is 2. The molecule has 0 unspecified atom stereocenters. The van der Waals surface area contributed by atoms with Crippen LogP contribution in [0.5, 0.6) is 5.75 Å². The van der Waals surface area contributed by atoms with Gasteiger partial charge in [-0.3, -0.25) is 9.59 Å². The number of carbonyl (C=O) groups is 2. The van der Waals surface area contributed by atoms with Crippen molar-refractivity contribution in [3.63, 3.8) is 0 Å². The summed E-state index contributed by atoms with van der Waals surface area (Å²) in [7, 11) is 0. The van der Waals surface area contributed by atoms with E-state index in [9.17, 15) is 9.59 Å². The van der Waals surface area contributed by atoms with Crippen LogP contribution in [0.4, 0.5) is 0 Å². The zero-order valence-corrected chi connectivity index (χ0v) is 17.9. The van der Waals surface area contributed by atoms with Gasteiger partial charge in [-0.25, -0.2) is 0 Å². The fraction of sp³-hybridized carbons (Fsp3) is 0.417. The molecule has 30 heavy (non-hydrogen) atoms. The minimum atomic E-state index is -0.633. The summed E-state index contributed by atoms with van der Waals surface area (Å²) in [5, 5.41) is 2.97. The highest BCUT2D eigenvalue weighted by Crippen LogP contribution is 2.35. The molecule has 2 amide bonds. The number of fused-ring (bicyclic) bond motifs is 1. The summed E-state index contributed by atoms with van der Waals surface area (Å²) in [6.45, 7) is 7.96. The summed E-state index contributed by atoms with van der Waals surface area (Å²) in [6, 6.07) is 14.3. The van der Waals surface area contributed by atoms with Gasteiger partial charge in [0.05, 0.1) is 12.7 Å². The van der Waals surface area contributed by atoms with Crippen LogP contribution < -0.4 is 10.1 Å². The standard InChI is InChI=1S/C24H30N2O4/c1-4-29-19-12-10-18(11-13-19)16-26-22(20-8-5-6-9-21(20)24(26)28)23(27)25-14-7-15-30-17(2)3/h5-6,8-13,17,22H,4,7,14-16H2,1-3H3,(H,25,27)/t22-/m1/s1. The van der Waals surface area contributed by atoms with Crippen molar-refractivity contribution in [2.75, 3.05) is 19.8 Å². The van der Waals surface area contributed by atoms with Crippen LogP contribution in [-0.2, 0) is 16.1 Å². The van der Waals surface area contributed by atoms with Crippen molar-refractivity contribution in [3.8, 4) is 5.75 Å². The molecule has 0 aliphatic carbocycles. The van der Waals surface area contributed by atoms with E-state index in [-0.39, 0.29) is 17.9 Å². The van der Waals surface area contributed by atoms with Crippen molar-refractivity contribution in [3.05, 3.63) is 65.2 Å². The zero-order chi connectivity index (χ0) is 21.5. The zero-order valence-electron chi connectivity index (χ0n) is 17.9. The highest BCUT2D eigenvalue weighted by atomic mass is 16.5. The van der Waals surface area contributed by atoms with Crippen LogP contribution >= 0.6 is 0 Å². The fourth-order valence-corrected chi connectivity index (χ4v) is 3.57. The molecule has 1 aliphatic heterocycles. The Balaban J connectivity index is 1.72. The molecule has 2 aromatic carbocycles. The van der Waals surface area contributed by atoms with Gasteiger partial charge < -0.3 is 19.7 Å². The Hall–Kier alpha value is -2.86. The Bertz CT molecular complexity index is 864. The van der Waals surface area contributed by atoms with Gasteiger partial charge in [0, 0.05) is 25.3 Å². The molecule has 1 N–H and O–H groups in total. The molecule has 1 atom stereocenters. The number of carbonyl (C=O) groups excluding carboxylic acids is 2. The van der Waals surface area contributed by atoms with Gasteiger partial charge in [0.2, 0.25) is 5.91 Å². The van der Waals surface area contributed by atoms with Crippen LogP contribution in [0.15, 0.2) is 48.5 Å². The van der Waals surface area contributed by atoms with E-state index in [0.29, 0.717) is 31.9 Å². The first kappa shape index (κ1) is 21.8. The molecule has 2 aromatic rings. The Kier molecular flexibility index (Phi) is 7.46. The smallest absolute Gasteiger partial charge is 0.255 e. The Labute approximate surface area is 178 Å². The summed E-state index contributed by atoms with van der Waals surface area (Å²) >= 11 is 0. The maximum Gasteiger partial charge on any atom is 0.255 e. The third kappa shape index (κ3) is 5.19. The first-order chi connectivity index (χ1) is 14.5. The lowest BCUT2D eigenvalue weighted by molar-refractivity contribution is -0.125. The SMILES string of the molecule is CCOc1ccc(CN2C(=O)c3ccccc3[C@@H]2C(=O)NCCCOC(C)C)cc1. The second kappa shape index (κ2) is 10.3. The Morgan fingerprint density at radius 2 is 1.87 bits per heavy atom. The predicted molar refractivity (Wildman–Crippen MR) is 115 cm³/mol. The highest BCUT2D eigenvalue weighted by Gasteiger charge is 2.40. The second-order valence-corrected chi connectivity index (χ2v) is 7.56. The molecule has 160 valence electrons. The summed E-state index contributed by atoms with van der Waals surface area (Å²) in [5.41, 5.74) is 2.29. The number of hydrogen-bond donors (Lipinski definition) is 1. The first-order valence-electron chi connectivity index (χ1n) is 10.5. The Morgan fingerprint density at radius 3 is 2.57 bits per heavy atom. The van der Waals surface area contributed by atoms with Gasteiger partial charge in [0.1, 0.15) is 11.8 Å². The third-order valence-electron chi connectivity index (χ3n) is 4.97. The van der Waals surface area contributed by atoms with Crippen molar-refractivity contribution >= 4 is 11.8 Å². The number of amides is 2. The molecule has 1 aliphatic rings. The van der Waals surface area contributed by atoms with Gasteiger partial charge in [0.15, 0.2) is 0 Å². The van der Waals surface area contributed by atoms with Crippen LogP contribution in [-0.4, -0.2) is 42.6 Å². The fourth-order valence-electron chi connectivity index (χ4n) is 3.57. The molecule has 0 bridgehead atoms. The van der Waals surface area contributed by atoms with E-state index in [4.69, 9.17) is 9.47 Å². The first-order valence-corrected chi connectivity index (χ1v) is 10.5. The molecular weight excluding hydrogens is 380 g/mol. The quantitative estimate of drug-likeness (QED) is 0.606. The topological polar surface area (TPSA) is 67.9 Å². The molecule has 0 saturated heterocycles. The van der Waals surface area contributed by atoms with Gasteiger partial charge >= 0.3 is 0 Å². The minimum Gasteiger partial charge on any atom is -0.494 e. The molecule has 6 nitrogen and oxygen atoms in total. The van der Waals surface area contributed by atoms with Gasteiger partial charge in [-0.15, -0.1) is 0 Å². The predicted octanol–water partition coefficient (Wildman–Crippen LogP) is 3.71. The molecular formula is C24H30N2O4. The van der Waals surface area contributed by atoms with Crippen LogP contribution in [0.1, 0.15) is 54.7 Å². The Morgan fingerprint density at radius 1 is 1.13 bits per heavy atom. The van der Waals surface area contributed by atoms with Crippen LogP contribution in [0.3, 0.4) is 0 Å². The van der Waals surface area contributed by atoms with Gasteiger partial charge in [-0.2, -0.15) is 0 Å². The van der Waals surface area contributed by atoms with Gasteiger partial charge in [-0.05, 0) is 56.5 Å². The van der Waals surface area contributed by atoms with E-state index in [2.05, 4.69) is 5.32 Å². The molecule has 1 heterocycles. The molecule has 0 radical (unpaired) electrons. The number of rotatable bonds is 10. The summed E-state index contributed by atoms with van der Waals surface area (Å²) in [6.07, 6.45) is 0.898. The van der Waals surface area contributed by atoms with Crippen LogP contribution in [0.2, 0.25) is 0 Å². The average molecular weight is 411 g/mol. The maximum absolute atomic E-state index is 13.0. The molecule has 6 heteroatoms. The van der Waals surface area contributed by atoms with E-state index < -0.39 is 6.04 Å². The van der Waals surface area contributed by atoms with Gasteiger partial charge in [0.25, 0.3) is 5.91 Å². The van der Waals surface area contributed by atoms with E-state index in [0.717, 1.165) is 23.3 Å². The van der Waals surface area contributed by atoms with Crippen molar-refractivity contribution in [1.82, 2.24) is 10.2 Å². The normalized spacial score (nSPS) is 15.4. The lowest BCUT2D eigenvalue weighted by atomic mass is 10.0. The lowest BCUT2D eigenvalue weighted by Crippen LogP contribution is -2.39. The third-order valence-corrected chi connectivity index (χ3v) is 4.97. The monoisotopic (exact) mass is 410 g/mol. The number of ether oxygens (including phenoxy) is 2. The lowest BCUT2D eigenvalue weighted by Gasteiger charge is -2.25. The van der Waals surface area contributed by atoms with E-state index in [1.165, 1.54) is 0 Å². The highest BCUT2D eigenvalue weighted by molar-refractivity contribution is 6.04.